The maximum absolute atomic E-state index is 12.5. The molecule has 0 atom stereocenters. The van der Waals surface area contributed by atoms with Gasteiger partial charge in [0.05, 0.1) is 0 Å². The number of hydrogen-bond acceptors (Lipinski definition) is 5. The maximum atomic E-state index is 12.5. The second kappa shape index (κ2) is 8.41. The molecule has 0 unspecified atom stereocenters. The molecule has 8 heteroatoms. The van der Waals surface area contributed by atoms with E-state index in [-0.39, 0.29) is 25.5 Å². The van der Waals surface area contributed by atoms with Crippen LogP contribution in [-0.2, 0) is 19.1 Å². The van der Waals surface area contributed by atoms with E-state index in [0.29, 0.717) is 24.9 Å². The van der Waals surface area contributed by atoms with Crippen molar-refractivity contribution >= 4 is 29.5 Å². The molecule has 1 aromatic rings. The summed E-state index contributed by atoms with van der Waals surface area (Å²) >= 11 is 0. The quantitative estimate of drug-likeness (QED) is 0.551. The summed E-state index contributed by atoms with van der Waals surface area (Å²) < 4.78 is 4.96. The van der Waals surface area contributed by atoms with Crippen LogP contribution in [0, 0.1) is 6.92 Å². The summed E-state index contributed by atoms with van der Waals surface area (Å²) in [6.07, 6.45) is 3.53. The summed E-state index contributed by atoms with van der Waals surface area (Å²) in [7, 11) is 0. The van der Waals surface area contributed by atoms with Crippen molar-refractivity contribution in [2.75, 3.05) is 18.5 Å². The van der Waals surface area contributed by atoms with Gasteiger partial charge in [-0.25, -0.2) is 4.79 Å². The minimum Gasteiger partial charge on any atom is -0.456 e. The van der Waals surface area contributed by atoms with Gasteiger partial charge in [-0.15, -0.1) is 0 Å². The van der Waals surface area contributed by atoms with Gasteiger partial charge in [0, 0.05) is 18.7 Å². The number of benzene rings is 1. The lowest BCUT2D eigenvalue weighted by atomic mass is 9.98. The second-order valence-electron chi connectivity index (χ2n) is 7.36. The topological polar surface area (TPSA) is 105 Å². The Morgan fingerprint density at radius 3 is 2.71 bits per heavy atom. The average molecular weight is 387 g/mol. The van der Waals surface area contributed by atoms with Crippen LogP contribution >= 0.6 is 0 Å². The summed E-state index contributed by atoms with van der Waals surface area (Å²) in [4.78, 5) is 49.4. The molecule has 150 valence electrons. The van der Waals surface area contributed by atoms with Gasteiger partial charge in [0.15, 0.2) is 6.61 Å². The molecule has 1 aliphatic heterocycles. The molecule has 0 bridgehead atoms. The van der Waals surface area contributed by atoms with Crippen molar-refractivity contribution in [1.29, 1.82) is 0 Å². The zero-order valence-electron chi connectivity index (χ0n) is 16.0. The zero-order chi connectivity index (χ0) is 20.1. The fourth-order valence-corrected chi connectivity index (χ4v) is 3.72. The van der Waals surface area contributed by atoms with E-state index in [2.05, 4.69) is 10.6 Å². The third-order valence-electron chi connectivity index (χ3n) is 5.13. The number of ether oxygens (including phenoxy) is 1. The van der Waals surface area contributed by atoms with Crippen molar-refractivity contribution < 1.29 is 23.9 Å². The van der Waals surface area contributed by atoms with Gasteiger partial charge in [0.25, 0.3) is 11.8 Å². The van der Waals surface area contributed by atoms with Gasteiger partial charge in [-0.1, -0.05) is 25.0 Å². The summed E-state index contributed by atoms with van der Waals surface area (Å²) in [5.74, 6) is -1.15. The van der Waals surface area contributed by atoms with Gasteiger partial charge in [-0.3, -0.25) is 19.3 Å². The van der Waals surface area contributed by atoms with Crippen LogP contribution in [0.5, 0.6) is 0 Å². The van der Waals surface area contributed by atoms with Gasteiger partial charge < -0.3 is 15.4 Å². The number of nitrogens with zero attached hydrogens (tertiary/aromatic N) is 1. The zero-order valence-corrected chi connectivity index (χ0v) is 16.0. The lowest BCUT2D eigenvalue weighted by molar-refractivity contribution is -0.147. The Kier molecular flexibility index (Phi) is 5.96. The Morgan fingerprint density at radius 2 is 2.00 bits per heavy atom. The first-order valence-electron chi connectivity index (χ1n) is 9.56. The van der Waals surface area contributed by atoms with E-state index in [0.717, 1.165) is 18.4 Å². The van der Waals surface area contributed by atoms with Gasteiger partial charge in [0.2, 0.25) is 0 Å². The number of carbonyl (C=O) groups is 4. The number of anilines is 1. The number of nitrogens with one attached hydrogen (secondary N) is 2. The maximum Gasteiger partial charge on any atom is 0.325 e. The number of carbonyl (C=O) groups excluding carboxylic acids is 4. The lowest BCUT2D eigenvalue weighted by Crippen LogP contribution is -2.44. The number of hydrogen-bond donors (Lipinski definition) is 2. The summed E-state index contributed by atoms with van der Waals surface area (Å²) in [6, 6.07) is 6.91. The van der Waals surface area contributed by atoms with E-state index < -0.39 is 23.4 Å². The molecule has 1 heterocycles. The lowest BCUT2D eigenvalue weighted by Gasteiger charge is -2.19. The van der Waals surface area contributed by atoms with Crippen LogP contribution in [0.4, 0.5) is 10.5 Å². The van der Waals surface area contributed by atoms with Crippen LogP contribution in [-0.4, -0.2) is 47.4 Å². The van der Waals surface area contributed by atoms with Crippen LogP contribution in [0.3, 0.4) is 0 Å². The standard InChI is InChI=1S/C20H25N3O5/c1-14-6-4-7-15(12-14)21-16(24)13-28-17(25)8-5-11-23-18(26)20(22-19(23)27)9-2-3-10-20/h4,6-7,12H,2-3,5,8-11,13H2,1H3,(H,21,24)(H,22,27). The number of aryl methyl sites for hydroxylation is 1. The Balaban J connectivity index is 1.37. The fraction of sp³-hybridized carbons (Fsp3) is 0.500. The molecule has 1 aliphatic carbocycles. The molecule has 1 saturated heterocycles. The van der Waals surface area contributed by atoms with Crippen molar-refractivity contribution in [3.8, 4) is 0 Å². The Bertz CT molecular complexity index is 786. The molecule has 0 radical (unpaired) electrons. The second-order valence-corrected chi connectivity index (χ2v) is 7.36. The number of esters is 1. The molecule has 28 heavy (non-hydrogen) atoms. The third kappa shape index (κ3) is 4.49. The average Bonchev–Trinajstić information content (AvgIpc) is 3.20. The van der Waals surface area contributed by atoms with Crippen molar-refractivity contribution in [3.63, 3.8) is 0 Å². The molecular weight excluding hydrogens is 362 g/mol. The van der Waals surface area contributed by atoms with Crippen molar-refractivity contribution in [2.45, 2.75) is 51.0 Å². The highest BCUT2D eigenvalue weighted by Crippen LogP contribution is 2.35. The largest absolute Gasteiger partial charge is 0.456 e. The van der Waals surface area contributed by atoms with Gasteiger partial charge >= 0.3 is 12.0 Å². The van der Waals surface area contributed by atoms with Crippen molar-refractivity contribution in [2.24, 2.45) is 0 Å². The molecule has 2 N–H and O–H groups in total. The summed E-state index contributed by atoms with van der Waals surface area (Å²) in [6.45, 7) is 1.70. The molecule has 2 aliphatic rings. The van der Waals surface area contributed by atoms with Gasteiger partial charge in [-0.05, 0) is 43.9 Å². The monoisotopic (exact) mass is 387 g/mol. The Morgan fingerprint density at radius 1 is 1.25 bits per heavy atom. The van der Waals surface area contributed by atoms with Crippen LogP contribution in [0.2, 0.25) is 0 Å². The minimum atomic E-state index is -0.731. The SMILES string of the molecule is Cc1cccc(NC(=O)COC(=O)CCCN2C(=O)NC3(CCCC3)C2=O)c1. The highest BCUT2D eigenvalue weighted by atomic mass is 16.5. The molecule has 1 spiro atoms. The van der Waals surface area contributed by atoms with Crippen LogP contribution in [0.1, 0.15) is 44.1 Å². The summed E-state index contributed by atoms with van der Waals surface area (Å²) in [5.41, 5.74) is 0.918. The number of imide groups is 1. The van der Waals surface area contributed by atoms with E-state index in [9.17, 15) is 19.2 Å². The first-order chi connectivity index (χ1) is 13.4. The molecule has 3 rings (SSSR count). The smallest absolute Gasteiger partial charge is 0.325 e. The predicted molar refractivity (Wildman–Crippen MR) is 101 cm³/mol. The number of rotatable bonds is 7. The first-order valence-corrected chi connectivity index (χ1v) is 9.56. The van der Waals surface area contributed by atoms with E-state index in [1.165, 1.54) is 4.90 Å². The molecule has 2 fully saturated rings. The van der Waals surface area contributed by atoms with Crippen LogP contribution < -0.4 is 10.6 Å². The highest BCUT2D eigenvalue weighted by Gasteiger charge is 2.52. The highest BCUT2D eigenvalue weighted by molar-refractivity contribution is 6.07. The van der Waals surface area contributed by atoms with Crippen molar-refractivity contribution in [3.05, 3.63) is 29.8 Å². The summed E-state index contributed by atoms with van der Waals surface area (Å²) in [5, 5.41) is 5.46. The van der Waals surface area contributed by atoms with Crippen LogP contribution in [0.15, 0.2) is 24.3 Å². The molecule has 4 amide bonds. The van der Waals surface area contributed by atoms with E-state index in [1.807, 2.05) is 25.1 Å². The van der Waals surface area contributed by atoms with Crippen LogP contribution in [0.25, 0.3) is 0 Å². The van der Waals surface area contributed by atoms with Crippen molar-refractivity contribution in [1.82, 2.24) is 10.2 Å². The van der Waals surface area contributed by atoms with Gasteiger partial charge in [0.1, 0.15) is 5.54 Å². The van der Waals surface area contributed by atoms with E-state index in [1.54, 1.807) is 6.07 Å². The van der Waals surface area contributed by atoms with Gasteiger partial charge in [-0.2, -0.15) is 0 Å². The number of amides is 4. The molecule has 1 aromatic carbocycles. The Hall–Kier alpha value is -2.90. The minimum absolute atomic E-state index is 0.0295. The fourth-order valence-electron chi connectivity index (χ4n) is 3.72. The van der Waals surface area contributed by atoms with E-state index >= 15 is 0 Å². The Labute approximate surface area is 163 Å². The molecule has 0 aromatic heterocycles. The molecule has 8 nitrogen and oxygen atoms in total. The predicted octanol–water partition coefficient (Wildman–Crippen LogP) is 2.12. The van der Waals surface area contributed by atoms with E-state index in [4.69, 9.17) is 4.74 Å². The third-order valence-corrected chi connectivity index (χ3v) is 5.13. The molecule has 1 saturated carbocycles. The normalized spacial score (nSPS) is 17.7. The number of urea groups is 1. The molecular formula is C20H25N3O5. The first kappa shape index (κ1) is 19.9.